The maximum atomic E-state index is 12.6. The van der Waals surface area contributed by atoms with Crippen LogP contribution in [-0.4, -0.2) is 37.7 Å². The van der Waals surface area contributed by atoms with E-state index in [2.05, 4.69) is 10.6 Å². The highest BCUT2D eigenvalue weighted by atomic mass is 16.5. The van der Waals surface area contributed by atoms with Crippen molar-refractivity contribution in [2.75, 3.05) is 20.2 Å². The zero-order valence-electron chi connectivity index (χ0n) is 12.2. The molecule has 1 saturated carbocycles. The molecule has 2 aliphatic rings. The maximum absolute atomic E-state index is 12.6. The highest BCUT2D eigenvalue weighted by Crippen LogP contribution is 2.24. The summed E-state index contributed by atoms with van der Waals surface area (Å²) in [5, 5.41) is 6.55. The molecule has 0 atom stereocenters. The summed E-state index contributed by atoms with van der Waals surface area (Å²) in [7, 11) is 1.67. The van der Waals surface area contributed by atoms with Crippen LogP contribution in [0.4, 0.5) is 0 Å². The molecule has 0 spiro atoms. The van der Waals surface area contributed by atoms with Gasteiger partial charge in [-0.2, -0.15) is 0 Å². The lowest BCUT2D eigenvalue weighted by atomic mass is 9.89. The average molecular weight is 268 g/mol. The summed E-state index contributed by atoms with van der Waals surface area (Å²) in [6, 6.07) is 0.356. The van der Waals surface area contributed by atoms with Crippen LogP contribution in [0.5, 0.6) is 0 Å². The third-order valence-electron chi connectivity index (χ3n) is 4.66. The van der Waals surface area contributed by atoms with Crippen LogP contribution >= 0.6 is 0 Å². The number of nitrogens with one attached hydrogen (secondary N) is 2. The van der Waals surface area contributed by atoms with Gasteiger partial charge in [0.2, 0.25) is 0 Å². The van der Waals surface area contributed by atoms with Crippen LogP contribution in [-0.2, 0) is 9.53 Å². The predicted molar refractivity (Wildman–Crippen MR) is 76.1 cm³/mol. The van der Waals surface area contributed by atoms with Crippen molar-refractivity contribution < 1.29 is 9.53 Å². The fourth-order valence-electron chi connectivity index (χ4n) is 3.27. The third-order valence-corrected chi connectivity index (χ3v) is 4.66. The minimum absolute atomic E-state index is 0.113. The average Bonchev–Trinajstić information content (AvgIpc) is 2.42. The summed E-state index contributed by atoms with van der Waals surface area (Å²) in [5.74, 6) is 0.113. The van der Waals surface area contributed by atoms with E-state index >= 15 is 0 Å². The summed E-state index contributed by atoms with van der Waals surface area (Å²) in [6.45, 7) is 1.73. The molecule has 2 N–H and O–H groups in total. The summed E-state index contributed by atoms with van der Waals surface area (Å²) in [4.78, 5) is 12.6. The van der Waals surface area contributed by atoms with E-state index in [9.17, 15) is 4.79 Å². The molecule has 110 valence electrons. The van der Waals surface area contributed by atoms with Crippen molar-refractivity contribution in [3.8, 4) is 0 Å². The number of carbonyl (C=O) groups is 1. The molecule has 1 saturated heterocycles. The molecule has 0 unspecified atom stereocenters. The van der Waals surface area contributed by atoms with Crippen LogP contribution in [0.3, 0.4) is 0 Å². The number of hydrogen-bond donors (Lipinski definition) is 2. The summed E-state index contributed by atoms with van der Waals surface area (Å²) in [5.41, 5.74) is -0.590. The standard InChI is InChI=1S/C15H28N2O2/c1-19-15(9-11-16-12-10-15)14(18)17-13-7-5-3-2-4-6-8-13/h13,16H,2-12H2,1H3,(H,17,18). The third kappa shape index (κ3) is 3.93. The molecule has 0 bridgehead atoms. The monoisotopic (exact) mass is 268 g/mol. The van der Waals surface area contributed by atoms with E-state index in [4.69, 9.17) is 4.74 Å². The van der Waals surface area contributed by atoms with Gasteiger partial charge in [0.05, 0.1) is 0 Å². The minimum atomic E-state index is -0.590. The SMILES string of the molecule is COC1(C(=O)NC2CCCCCCC2)CCNCC1. The number of piperidine rings is 1. The Hall–Kier alpha value is -0.610. The Bertz CT molecular complexity index is 280. The first-order chi connectivity index (χ1) is 9.27. The van der Waals surface area contributed by atoms with Crippen LogP contribution in [0.25, 0.3) is 0 Å². The molecule has 0 aromatic heterocycles. The lowest BCUT2D eigenvalue weighted by molar-refractivity contribution is -0.147. The number of hydrogen-bond acceptors (Lipinski definition) is 3. The van der Waals surface area contributed by atoms with E-state index in [-0.39, 0.29) is 5.91 Å². The molecule has 2 rings (SSSR count). The van der Waals surface area contributed by atoms with Crippen molar-refractivity contribution in [2.45, 2.75) is 69.4 Å². The molecular formula is C15H28N2O2. The highest BCUT2D eigenvalue weighted by molar-refractivity contribution is 5.85. The number of amides is 1. The fraction of sp³-hybridized carbons (Fsp3) is 0.933. The molecule has 1 aliphatic heterocycles. The van der Waals surface area contributed by atoms with Crippen LogP contribution in [0, 0.1) is 0 Å². The molecule has 4 nitrogen and oxygen atoms in total. The number of carbonyl (C=O) groups excluding carboxylic acids is 1. The number of methoxy groups -OCH3 is 1. The predicted octanol–water partition coefficient (Wildman–Crippen LogP) is 1.98. The summed E-state index contributed by atoms with van der Waals surface area (Å²) < 4.78 is 5.59. The first-order valence-electron chi connectivity index (χ1n) is 7.84. The van der Waals surface area contributed by atoms with Gasteiger partial charge in [-0.25, -0.2) is 0 Å². The van der Waals surface area contributed by atoms with E-state index in [0.717, 1.165) is 38.8 Å². The van der Waals surface area contributed by atoms with Crippen LogP contribution in [0.15, 0.2) is 0 Å². The normalized spacial score (nSPS) is 25.3. The Morgan fingerprint density at radius 1 is 1.11 bits per heavy atom. The second-order valence-corrected chi connectivity index (χ2v) is 5.96. The molecule has 19 heavy (non-hydrogen) atoms. The molecular weight excluding hydrogens is 240 g/mol. The smallest absolute Gasteiger partial charge is 0.252 e. The van der Waals surface area contributed by atoms with Gasteiger partial charge in [0.15, 0.2) is 0 Å². The van der Waals surface area contributed by atoms with Gasteiger partial charge < -0.3 is 15.4 Å². The van der Waals surface area contributed by atoms with Gasteiger partial charge in [-0.1, -0.05) is 32.1 Å². The highest BCUT2D eigenvalue weighted by Gasteiger charge is 2.40. The van der Waals surface area contributed by atoms with Crippen molar-refractivity contribution in [3.63, 3.8) is 0 Å². The van der Waals surface area contributed by atoms with E-state index in [1.807, 2.05) is 0 Å². The second kappa shape index (κ2) is 7.25. The maximum Gasteiger partial charge on any atom is 0.252 e. The minimum Gasteiger partial charge on any atom is -0.368 e. The molecule has 0 radical (unpaired) electrons. The lowest BCUT2D eigenvalue weighted by Crippen LogP contribution is -2.56. The fourth-order valence-corrected chi connectivity index (χ4v) is 3.27. The molecule has 2 fully saturated rings. The van der Waals surface area contributed by atoms with E-state index < -0.39 is 5.60 Å². The van der Waals surface area contributed by atoms with Crippen molar-refractivity contribution in [2.24, 2.45) is 0 Å². The van der Waals surface area contributed by atoms with Gasteiger partial charge in [-0.05, 0) is 38.8 Å². The quantitative estimate of drug-likeness (QED) is 0.823. The van der Waals surface area contributed by atoms with E-state index in [0.29, 0.717) is 6.04 Å². The molecule has 1 heterocycles. The molecule has 4 heteroatoms. The number of ether oxygens (including phenoxy) is 1. The van der Waals surface area contributed by atoms with E-state index in [1.165, 1.54) is 32.1 Å². The summed E-state index contributed by atoms with van der Waals surface area (Å²) >= 11 is 0. The van der Waals surface area contributed by atoms with Gasteiger partial charge in [-0.3, -0.25) is 4.79 Å². The zero-order valence-corrected chi connectivity index (χ0v) is 12.2. The van der Waals surface area contributed by atoms with Gasteiger partial charge >= 0.3 is 0 Å². The van der Waals surface area contributed by atoms with Crippen molar-refractivity contribution in [1.29, 1.82) is 0 Å². The van der Waals surface area contributed by atoms with Gasteiger partial charge in [0.1, 0.15) is 5.60 Å². The van der Waals surface area contributed by atoms with Crippen LogP contribution in [0.2, 0.25) is 0 Å². The molecule has 1 aliphatic carbocycles. The molecule has 0 aromatic carbocycles. The Balaban J connectivity index is 1.90. The lowest BCUT2D eigenvalue weighted by Gasteiger charge is -2.36. The van der Waals surface area contributed by atoms with Crippen molar-refractivity contribution in [1.82, 2.24) is 10.6 Å². The largest absolute Gasteiger partial charge is 0.368 e. The zero-order chi connectivity index (χ0) is 13.6. The van der Waals surface area contributed by atoms with Crippen molar-refractivity contribution in [3.05, 3.63) is 0 Å². The Morgan fingerprint density at radius 2 is 1.68 bits per heavy atom. The first-order valence-corrected chi connectivity index (χ1v) is 7.84. The van der Waals surface area contributed by atoms with Gasteiger partial charge in [0.25, 0.3) is 5.91 Å². The second-order valence-electron chi connectivity index (χ2n) is 5.96. The Labute approximate surface area is 116 Å². The first kappa shape index (κ1) is 14.8. The summed E-state index contributed by atoms with van der Waals surface area (Å²) in [6.07, 6.45) is 10.3. The Morgan fingerprint density at radius 3 is 2.26 bits per heavy atom. The van der Waals surface area contributed by atoms with Crippen LogP contribution < -0.4 is 10.6 Å². The topological polar surface area (TPSA) is 50.4 Å². The van der Waals surface area contributed by atoms with Crippen molar-refractivity contribution >= 4 is 5.91 Å². The number of rotatable bonds is 3. The molecule has 0 aromatic rings. The molecule has 1 amide bonds. The van der Waals surface area contributed by atoms with E-state index in [1.54, 1.807) is 7.11 Å². The van der Waals surface area contributed by atoms with Gasteiger partial charge in [-0.15, -0.1) is 0 Å². The Kier molecular flexibility index (Phi) is 5.64. The van der Waals surface area contributed by atoms with Gasteiger partial charge in [0, 0.05) is 13.2 Å². The van der Waals surface area contributed by atoms with Crippen LogP contribution in [0.1, 0.15) is 57.8 Å².